The highest BCUT2D eigenvalue weighted by Crippen LogP contribution is 2.26. The summed E-state index contributed by atoms with van der Waals surface area (Å²) < 4.78 is 0. The number of amides is 1. The number of nitrogens with zero attached hydrogens (tertiary/aromatic N) is 3. The van der Waals surface area contributed by atoms with Crippen LogP contribution in [0.1, 0.15) is 19.3 Å². The van der Waals surface area contributed by atoms with Crippen molar-refractivity contribution in [1.82, 2.24) is 9.97 Å². The van der Waals surface area contributed by atoms with E-state index in [4.69, 9.17) is 10.8 Å². The van der Waals surface area contributed by atoms with Crippen LogP contribution in [0.4, 0.5) is 11.8 Å². The fourth-order valence-corrected chi connectivity index (χ4v) is 2.99. The number of piperidine rings is 1. The number of nitrogens with one attached hydrogen (secondary N) is 1. The molecule has 1 saturated heterocycles. The first-order valence-corrected chi connectivity index (χ1v) is 8.35. The van der Waals surface area contributed by atoms with E-state index in [2.05, 4.69) is 20.2 Å². The Morgan fingerprint density at radius 1 is 1.28 bits per heavy atom. The van der Waals surface area contributed by atoms with Crippen molar-refractivity contribution < 1.29 is 9.90 Å². The first kappa shape index (κ1) is 19.2. The first-order valence-electron chi connectivity index (χ1n) is 8.35. The Balaban J connectivity index is 0.00000225. The van der Waals surface area contributed by atoms with Crippen LogP contribution < -0.4 is 16.0 Å². The van der Waals surface area contributed by atoms with Crippen molar-refractivity contribution >= 4 is 41.0 Å². The van der Waals surface area contributed by atoms with Gasteiger partial charge in [-0.1, -0.05) is 12.1 Å². The Labute approximate surface area is 153 Å². The normalized spacial score (nSPS) is 15.0. The second-order valence-corrected chi connectivity index (χ2v) is 6.06. The Bertz CT molecular complexity index is 719. The topological polar surface area (TPSA) is 104 Å². The number of hydrogen-bond donors (Lipinski definition) is 3. The van der Waals surface area contributed by atoms with Crippen molar-refractivity contribution in [2.45, 2.75) is 19.3 Å². The zero-order valence-electron chi connectivity index (χ0n) is 14.0. The van der Waals surface area contributed by atoms with Crippen LogP contribution in [0.3, 0.4) is 0 Å². The number of fused-ring (bicyclic) bond motifs is 1. The van der Waals surface area contributed by atoms with E-state index in [-0.39, 0.29) is 30.8 Å². The number of carbonyl (C=O) groups excluding carboxylic acids is 1. The van der Waals surface area contributed by atoms with Crippen LogP contribution >= 0.6 is 12.4 Å². The molecular weight excluding hydrogens is 342 g/mol. The van der Waals surface area contributed by atoms with Crippen molar-refractivity contribution in [1.29, 1.82) is 0 Å². The second kappa shape index (κ2) is 8.82. The third kappa shape index (κ3) is 4.49. The van der Waals surface area contributed by atoms with E-state index in [0.29, 0.717) is 18.9 Å². The summed E-state index contributed by atoms with van der Waals surface area (Å²) in [5.74, 6) is 1.17. The van der Waals surface area contributed by atoms with E-state index < -0.39 is 0 Å². The van der Waals surface area contributed by atoms with Crippen molar-refractivity contribution in [3.63, 3.8) is 0 Å². The average Bonchev–Trinajstić information content (AvgIpc) is 2.62. The quantitative estimate of drug-likeness (QED) is 0.671. The predicted molar refractivity (Wildman–Crippen MR) is 101 cm³/mol. The molecule has 1 aromatic carbocycles. The van der Waals surface area contributed by atoms with Gasteiger partial charge in [-0.3, -0.25) is 4.79 Å². The largest absolute Gasteiger partial charge is 0.396 e. The van der Waals surface area contributed by atoms with E-state index in [1.165, 1.54) is 0 Å². The van der Waals surface area contributed by atoms with Crippen molar-refractivity contribution in [2.75, 3.05) is 36.5 Å². The van der Waals surface area contributed by atoms with Gasteiger partial charge < -0.3 is 21.1 Å². The molecule has 0 bridgehead atoms. The lowest BCUT2D eigenvalue weighted by Crippen LogP contribution is -2.39. The number of halogens is 1. The van der Waals surface area contributed by atoms with Gasteiger partial charge in [0.25, 0.3) is 0 Å². The average molecular weight is 366 g/mol. The molecule has 8 heteroatoms. The maximum atomic E-state index is 11.3. The zero-order chi connectivity index (χ0) is 16.9. The van der Waals surface area contributed by atoms with Crippen LogP contribution in [-0.4, -0.2) is 47.2 Å². The van der Waals surface area contributed by atoms with Gasteiger partial charge in [0.15, 0.2) is 0 Å². The van der Waals surface area contributed by atoms with Gasteiger partial charge in [0.1, 0.15) is 5.82 Å². The van der Waals surface area contributed by atoms with Crippen molar-refractivity contribution in [2.24, 2.45) is 11.7 Å². The minimum absolute atomic E-state index is 0. The summed E-state index contributed by atoms with van der Waals surface area (Å²) in [6.45, 7) is 2.24. The third-order valence-electron chi connectivity index (χ3n) is 4.40. The molecule has 25 heavy (non-hydrogen) atoms. The zero-order valence-corrected chi connectivity index (χ0v) is 14.8. The fourth-order valence-electron chi connectivity index (χ4n) is 2.99. The summed E-state index contributed by atoms with van der Waals surface area (Å²) in [5, 5.41) is 13.2. The number of rotatable bonds is 6. The maximum Gasteiger partial charge on any atom is 0.227 e. The maximum absolute atomic E-state index is 11.3. The van der Waals surface area contributed by atoms with Crippen LogP contribution in [0.25, 0.3) is 10.9 Å². The van der Waals surface area contributed by atoms with E-state index in [1.54, 1.807) is 0 Å². The molecule has 1 fully saturated rings. The highest BCUT2D eigenvalue weighted by molar-refractivity contribution is 5.90. The Morgan fingerprint density at radius 3 is 2.68 bits per heavy atom. The molecular formula is C17H24ClN5O2. The van der Waals surface area contributed by atoms with Gasteiger partial charge in [-0.05, 0) is 31.4 Å². The molecule has 4 N–H and O–H groups in total. The third-order valence-corrected chi connectivity index (χ3v) is 4.40. The molecule has 0 aliphatic carbocycles. The van der Waals surface area contributed by atoms with Crippen LogP contribution in [0.15, 0.2) is 24.3 Å². The van der Waals surface area contributed by atoms with Crippen LogP contribution in [0, 0.1) is 5.92 Å². The lowest BCUT2D eigenvalue weighted by molar-refractivity contribution is -0.122. The molecule has 0 spiro atoms. The van der Waals surface area contributed by atoms with E-state index >= 15 is 0 Å². The smallest absolute Gasteiger partial charge is 0.227 e. The monoisotopic (exact) mass is 365 g/mol. The molecule has 0 radical (unpaired) electrons. The molecule has 0 atom stereocenters. The van der Waals surface area contributed by atoms with Gasteiger partial charge in [0, 0.05) is 37.5 Å². The molecule has 1 aliphatic rings. The predicted octanol–water partition coefficient (Wildman–Crippen LogP) is 1.55. The standard InChI is InChI=1S/C17H23N5O2.ClH/c18-15(24)12-6-9-22(10-7-12)17-20-14-5-2-1-4-13(14)16(21-17)19-8-3-11-23;/h1-2,4-5,12,23H,3,6-11H2,(H2,18,24)(H,19,20,21);1H. The summed E-state index contributed by atoms with van der Waals surface area (Å²) in [5.41, 5.74) is 6.28. The number of primary amides is 1. The number of carbonyl (C=O) groups is 1. The molecule has 0 saturated carbocycles. The molecule has 3 rings (SSSR count). The summed E-state index contributed by atoms with van der Waals surface area (Å²) >= 11 is 0. The SMILES string of the molecule is Cl.NC(=O)C1CCN(c2nc(NCCCO)c3ccccc3n2)CC1. The lowest BCUT2D eigenvalue weighted by atomic mass is 9.96. The number of para-hydroxylation sites is 1. The van der Waals surface area contributed by atoms with Gasteiger partial charge in [0.05, 0.1) is 5.52 Å². The van der Waals surface area contributed by atoms with Gasteiger partial charge >= 0.3 is 0 Å². The van der Waals surface area contributed by atoms with Crippen LogP contribution in [-0.2, 0) is 4.79 Å². The molecule has 1 aromatic heterocycles. The number of hydrogen-bond acceptors (Lipinski definition) is 6. The minimum Gasteiger partial charge on any atom is -0.396 e. The number of anilines is 2. The van der Waals surface area contributed by atoms with Crippen molar-refractivity contribution in [3.8, 4) is 0 Å². The molecule has 2 aromatic rings. The lowest BCUT2D eigenvalue weighted by Gasteiger charge is -2.30. The van der Waals surface area contributed by atoms with E-state index in [9.17, 15) is 4.79 Å². The van der Waals surface area contributed by atoms with Crippen LogP contribution in [0.2, 0.25) is 0 Å². The number of aromatic nitrogens is 2. The van der Waals surface area contributed by atoms with Gasteiger partial charge in [-0.15, -0.1) is 12.4 Å². The van der Waals surface area contributed by atoms with E-state index in [0.717, 1.165) is 42.7 Å². The molecule has 1 aliphatic heterocycles. The molecule has 2 heterocycles. The molecule has 1 amide bonds. The summed E-state index contributed by atoms with van der Waals surface area (Å²) in [7, 11) is 0. The second-order valence-electron chi connectivity index (χ2n) is 6.06. The van der Waals surface area contributed by atoms with Crippen LogP contribution in [0.5, 0.6) is 0 Å². The number of aliphatic hydroxyl groups excluding tert-OH is 1. The van der Waals surface area contributed by atoms with Crippen molar-refractivity contribution in [3.05, 3.63) is 24.3 Å². The molecule has 7 nitrogen and oxygen atoms in total. The summed E-state index contributed by atoms with van der Waals surface area (Å²) in [6, 6.07) is 7.87. The number of aliphatic hydroxyl groups is 1. The highest BCUT2D eigenvalue weighted by Gasteiger charge is 2.25. The number of nitrogens with two attached hydrogens (primary N) is 1. The number of benzene rings is 1. The van der Waals surface area contributed by atoms with Gasteiger partial charge in [-0.25, -0.2) is 4.98 Å². The molecule has 0 unspecified atom stereocenters. The summed E-state index contributed by atoms with van der Waals surface area (Å²) in [6.07, 6.45) is 2.13. The van der Waals surface area contributed by atoms with Gasteiger partial charge in [0.2, 0.25) is 11.9 Å². The Kier molecular flexibility index (Phi) is 6.78. The highest BCUT2D eigenvalue weighted by atomic mass is 35.5. The Morgan fingerprint density at radius 2 is 2.00 bits per heavy atom. The minimum atomic E-state index is -0.222. The summed E-state index contributed by atoms with van der Waals surface area (Å²) in [4.78, 5) is 22.8. The first-order chi connectivity index (χ1) is 11.7. The molecule has 136 valence electrons. The van der Waals surface area contributed by atoms with E-state index in [1.807, 2.05) is 24.3 Å². The van der Waals surface area contributed by atoms with Gasteiger partial charge in [-0.2, -0.15) is 4.98 Å². The fraction of sp³-hybridized carbons (Fsp3) is 0.471. The Hall–Kier alpha value is -2.12.